The van der Waals surface area contributed by atoms with Crippen LogP contribution in [0.3, 0.4) is 0 Å². The van der Waals surface area contributed by atoms with E-state index in [2.05, 4.69) is 241 Å². The molecule has 0 amide bonds. The first-order valence-electron chi connectivity index (χ1n) is 22.5. The Kier molecular flexibility index (Phi) is 7.84. The lowest BCUT2D eigenvalue weighted by molar-refractivity contribution is 0.793. The summed E-state index contributed by atoms with van der Waals surface area (Å²) in [6.45, 7) is 0. The first kappa shape index (κ1) is 36.4. The lowest BCUT2D eigenvalue weighted by Crippen LogP contribution is -2.26. The Morgan fingerprint density at radius 3 is 1.42 bits per heavy atom. The number of rotatable bonds is 5. The largest absolute Gasteiger partial charge is 0.310 e. The maximum atomic E-state index is 2.49. The van der Waals surface area contributed by atoms with Gasteiger partial charge in [-0.05, 0) is 155 Å². The fourth-order valence-electron chi connectivity index (χ4n) is 11.3. The van der Waals surface area contributed by atoms with Crippen molar-refractivity contribution in [1.82, 2.24) is 0 Å². The van der Waals surface area contributed by atoms with Gasteiger partial charge in [0.05, 0.1) is 5.41 Å². The van der Waals surface area contributed by atoms with E-state index in [0.29, 0.717) is 0 Å². The van der Waals surface area contributed by atoms with Gasteiger partial charge in [0.15, 0.2) is 0 Å². The zero-order valence-corrected chi connectivity index (χ0v) is 36.2. The van der Waals surface area contributed by atoms with Crippen molar-refractivity contribution >= 4 is 70.1 Å². The van der Waals surface area contributed by atoms with E-state index >= 15 is 0 Å². The maximum absolute atomic E-state index is 2.49. The average Bonchev–Trinajstić information content (AvgIpc) is 4.00. The first-order valence-corrected chi connectivity index (χ1v) is 23.3. The van der Waals surface area contributed by atoms with Crippen molar-refractivity contribution in [2.24, 2.45) is 0 Å². The topological polar surface area (TPSA) is 3.24 Å². The summed E-state index contributed by atoms with van der Waals surface area (Å²) < 4.78 is 2.61. The molecule has 0 unspecified atom stereocenters. The molecule has 1 nitrogen and oxygen atoms in total. The van der Waals surface area contributed by atoms with Crippen LogP contribution in [0.5, 0.6) is 0 Å². The number of thiophene rings is 1. The molecule has 11 aromatic carbocycles. The fraction of sp³-hybridized carbons (Fsp3) is 0.0159. The third kappa shape index (κ3) is 5.38. The van der Waals surface area contributed by atoms with Crippen LogP contribution < -0.4 is 4.90 Å². The molecule has 1 heterocycles. The second-order valence-corrected chi connectivity index (χ2v) is 18.7. The van der Waals surface area contributed by atoms with E-state index in [1.54, 1.807) is 0 Å². The van der Waals surface area contributed by atoms with Crippen molar-refractivity contribution in [2.75, 3.05) is 4.90 Å². The van der Waals surface area contributed by atoms with E-state index < -0.39 is 5.41 Å². The van der Waals surface area contributed by atoms with Crippen LogP contribution in [0.1, 0.15) is 22.3 Å². The van der Waals surface area contributed by atoms with Crippen LogP contribution in [0, 0.1) is 0 Å². The Bertz CT molecular complexity index is 3850. The van der Waals surface area contributed by atoms with Gasteiger partial charge in [0, 0.05) is 37.2 Å². The van der Waals surface area contributed by atoms with E-state index in [1.165, 1.54) is 108 Å². The minimum Gasteiger partial charge on any atom is -0.310 e. The zero-order valence-electron chi connectivity index (χ0n) is 35.4. The molecule has 2 aliphatic rings. The molecule has 2 heteroatoms. The second kappa shape index (κ2) is 14.0. The van der Waals surface area contributed by atoms with Gasteiger partial charge in [-0.25, -0.2) is 0 Å². The van der Waals surface area contributed by atoms with E-state index in [4.69, 9.17) is 0 Å². The molecular formula is C63H39NS. The second-order valence-electron chi connectivity index (χ2n) is 17.6. The van der Waals surface area contributed by atoms with Crippen molar-refractivity contribution in [3.05, 3.63) is 259 Å². The first-order chi connectivity index (χ1) is 32.2. The van der Waals surface area contributed by atoms with Gasteiger partial charge in [-0.3, -0.25) is 0 Å². The summed E-state index contributed by atoms with van der Waals surface area (Å²) >= 11 is 1.86. The molecule has 0 bridgehead atoms. The van der Waals surface area contributed by atoms with E-state index in [9.17, 15) is 0 Å². The van der Waals surface area contributed by atoms with Gasteiger partial charge in [0.1, 0.15) is 0 Å². The molecule has 1 spiro atoms. The van der Waals surface area contributed by atoms with E-state index in [1.807, 2.05) is 11.3 Å². The molecule has 0 saturated carbocycles. The van der Waals surface area contributed by atoms with Crippen molar-refractivity contribution in [1.29, 1.82) is 0 Å². The van der Waals surface area contributed by atoms with E-state index in [-0.39, 0.29) is 0 Å². The van der Waals surface area contributed by atoms with Gasteiger partial charge < -0.3 is 4.90 Å². The minimum absolute atomic E-state index is 0.428. The molecule has 65 heavy (non-hydrogen) atoms. The molecule has 0 aliphatic heterocycles. The van der Waals surface area contributed by atoms with Crippen LogP contribution >= 0.6 is 11.3 Å². The quantitative estimate of drug-likeness (QED) is 0.167. The van der Waals surface area contributed by atoms with E-state index in [0.717, 1.165) is 17.1 Å². The Hall–Kier alpha value is -8.04. The lowest BCUT2D eigenvalue weighted by atomic mass is 9.70. The summed E-state index contributed by atoms with van der Waals surface area (Å²) in [5, 5.41) is 7.58. The summed E-state index contributed by atoms with van der Waals surface area (Å²) in [5.41, 5.74) is 18.4. The predicted octanol–water partition coefficient (Wildman–Crippen LogP) is 17.5. The van der Waals surface area contributed by atoms with Gasteiger partial charge in [0.2, 0.25) is 0 Å². The molecule has 12 aromatic rings. The third-order valence-electron chi connectivity index (χ3n) is 14.2. The molecule has 14 rings (SSSR count). The highest BCUT2D eigenvalue weighted by molar-refractivity contribution is 7.25. The molecule has 0 radical (unpaired) electrons. The SMILES string of the molecule is c1ccc2c(c1)-c1ccccc1C21c2ccccc2-c2ccc(N(c3ccc(-c4ccc5ccc(-c6ccc7ccccc7c6)cc5c4)cc3)c3ccc4sc5ccccc5c4c3)cc21. The highest BCUT2D eigenvalue weighted by atomic mass is 32.1. The number of anilines is 3. The van der Waals surface area contributed by atoms with Crippen molar-refractivity contribution in [3.8, 4) is 44.5 Å². The Morgan fingerprint density at radius 2 is 0.738 bits per heavy atom. The molecule has 302 valence electrons. The monoisotopic (exact) mass is 841 g/mol. The van der Waals surface area contributed by atoms with Crippen LogP contribution in [0.15, 0.2) is 237 Å². The number of hydrogen-bond acceptors (Lipinski definition) is 2. The lowest BCUT2D eigenvalue weighted by Gasteiger charge is -2.32. The summed E-state index contributed by atoms with van der Waals surface area (Å²) in [5.74, 6) is 0. The number of nitrogens with zero attached hydrogens (tertiary/aromatic N) is 1. The number of benzene rings is 11. The molecule has 0 fully saturated rings. The highest BCUT2D eigenvalue weighted by Crippen LogP contribution is 2.63. The van der Waals surface area contributed by atoms with Gasteiger partial charge in [-0.2, -0.15) is 0 Å². The van der Waals surface area contributed by atoms with Crippen LogP contribution in [0.25, 0.3) is 86.2 Å². The predicted molar refractivity (Wildman–Crippen MR) is 276 cm³/mol. The molecular weight excluding hydrogens is 803 g/mol. The molecule has 1 aromatic heterocycles. The number of hydrogen-bond donors (Lipinski definition) is 0. The maximum Gasteiger partial charge on any atom is 0.0726 e. The van der Waals surface area contributed by atoms with Gasteiger partial charge >= 0.3 is 0 Å². The Morgan fingerprint density at radius 1 is 0.277 bits per heavy atom. The zero-order chi connectivity index (χ0) is 42.6. The van der Waals surface area contributed by atoms with Gasteiger partial charge in [0.25, 0.3) is 0 Å². The fourth-order valence-corrected chi connectivity index (χ4v) is 12.4. The minimum atomic E-state index is -0.428. The van der Waals surface area contributed by atoms with Crippen LogP contribution in [-0.4, -0.2) is 0 Å². The van der Waals surface area contributed by atoms with Crippen LogP contribution in [0.2, 0.25) is 0 Å². The smallest absolute Gasteiger partial charge is 0.0726 e. The summed E-state index contributed by atoms with van der Waals surface area (Å²) in [7, 11) is 0. The number of fused-ring (bicyclic) bond motifs is 15. The third-order valence-corrected chi connectivity index (χ3v) is 15.4. The molecule has 0 saturated heterocycles. The Balaban J connectivity index is 0.922. The van der Waals surface area contributed by atoms with Gasteiger partial charge in [-0.1, -0.05) is 170 Å². The highest BCUT2D eigenvalue weighted by Gasteiger charge is 2.51. The Labute approximate surface area is 381 Å². The standard InChI is InChI=1S/C63H39NS/c1-2-12-43-35-45(25-21-40(43)11-1)46-26-23-42-22-24-44(36-47(42)37-46)41-27-29-48(30-28-41)64(49-32-34-62-56(38-49)55-16-6-10-20-61(55)65-62)50-31-33-54-53-15-5-9-19-59(53)63(60(54)39-50)57-17-7-3-13-51(57)52-14-4-8-18-58(52)63/h1-39H. The summed E-state index contributed by atoms with van der Waals surface area (Å²) in [6, 6.07) is 88.5. The molecule has 2 aliphatic carbocycles. The van der Waals surface area contributed by atoms with Crippen molar-refractivity contribution < 1.29 is 0 Å². The van der Waals surface area contributed by atoms with Crippen LogP contribution in [-0.2, 0) is 5.41 Å². The summed E-state index contributed by atoms with van der Waals surface area (Å²) in [6.07, 6.45) is 0. The molecule has 0 N–H and O–H groups in total. The van der Waals surface area contributed by atoms with Crippen molar-refractivity contribution in [3.63, 3.8) is 0 Å². The van der Waals surface area contributed by atoms with Crippen molar-refractivity contribution in [2.45, 2.75) is 5.41 Å². The summed E-state index contributed by atoms with van der Waals surface area (Å²) in [4.78, 5) is 2.47. The average molecular weight is 842 g/mol. The molecule has 0 atom stereocenters. The van der Waals surface area contributed by atoms with Crippen LogP contribution in [0.4, 0.5) is 17.1 Å². The van der Waals surface area contributed by atoms with Gasteiger partial charge in [-0.15, -0.1) is 11.3 Å². The normalized spacial score (nSPS) is 13.0.